The van der Waals surface area contributed by atoms with Gasteiger partial charge in [0.15, 0.2) is 16.6 Å². The Morgan fingerprint density at radius 3 is 2.02 bits per heavy atom. The van der Waals surface area contributed by atoms with Crippen molar-refractivity contribution in [3.8, 4) is 0 Å². The molecule has 0 spiro atoms. The number of cyclic esters (lactones) is 1. The van der Waals surface area contributed by atoms with Crippen molar-refractivity contribution in [2.75, 3.05) is 0 Å². The predicted octanol–water partition coefficient (Wildman–Crippen LogP) is 9.86. The summed E-state index contributed by atoms with van der Waals surface area (Å²) >= 11 is 0. The maximum absolute atomic E-state index is 13.8. The maximum Gasteiger partial charge on any atom is 0.309 e. The molecule has 6 nitrogen and oxygen atoms in total. The first-order valence-corrected chi connectivity index (χ1v) is 23.9. The molecule has 0 aromatic heterocycles. The van der Waals surface area contributed by atoms with Gasteiger partial charge in [0.1, 0.15) is 12.2 Å². The fourth-order valence-corrected chi connectivity index (χ4v) is 9.87. The van der Waals surface area contributed by atoms with Gasteiger partial charge < -0.3 is 18.3 Å². The molecule has 3 rings (SSSR count). The van der Waals surface area contributed by atoms with Crippen molar-refractivity contribution < 1.29 is 27.9 Å². The van der Waals surface area contributed by atoms with Gasteiger partial charge in [-0.05, 0) is 78.4 Å². The number of rotatable bonds is 11. The first kappa shape index (κ1) is 39.2. The second-order valence-corrected chi connectivity index (χ2v) is 27.9. The molecule has 1 saturated heterocycles. The summed E-state index contributed by atoms with van der Waals surface area (Å²) in [6.07, 6.45) is 9.69. The van der Waals surface area contributed by atoms with Crippen LogP contribution in [-0.4, -0.2) is 53.0 Å². The molecule has 2 aliphatic carbocycles. The van der Waals surface area contributed by atoms with Crippen LogP contribution in [0.1, 0.15) is 108 Å². The van der Waals surface area contributed by atoms with Gasteiger partial charge in [-0.15, -0.1) is 0 Å². The smallest absolute Gasteiger partial charge is 0.309 e. The number of esters is 2. The van der Waals surface area contributed by atoms with E-state index in [2.05, 4.69) is 121 Å². The molecule has 0 amide bonds. The van der Waals surface area contributed by atoms with Gasteiger partial charge in [0.05, 0.1) is 24.5 Å². The Balaban J connectivity index is 1.87. The van der Waals surface area contributed by atoms with Crippen molar-refractivity contribution in [3.63, 3.8) is 0 Å². The molecule has 0 radical (unpaired) electrons. The number of allylic oxidation sites excluding steroid dienone is 2. The number of fused-ring (bicyclic) bond motifs is 1. The van der Waals surface area contributed by atoms with Crippen LogP contribution >= 0.6 is 0 Å². The van der Waals surface area contributed by atoms with Crippen molar-refractivity contribution in [1.29, 1.82) is 0 Å². The Kier molecular flexibility index (Phi) is 12.5. The number of ether oxygens (including phenoxy) is 2. The molecule has 0 saturated carbocycles. The lowest BCUT2D eigenvalue weighted by Crippen LogP contribution is -2.49. The van der Waals surface area contributed by atoms with Crippen molar-refractivity contribution in [2.45, 2.75) is 169 Å². The van der Waals surface area contributed by atoms with Gasteiger partial charge in [0.2, 0.25) is 0 Å². The third-order valence-electron chi connectivity index (χ3n) is 11.9. The predicted molar refractivity (Wildman–Crippen MR) is 194 cm³/mol. The minimum Gasteiger partial charge on any atom is -0.462 e. The lowest BCUT2D eigenvalue weighted by Gasteiger charge is -2.46. The van der Waals surface area contributed by atoms with E-state index >= 15 is 0 Å². The SMILES string of the molecule is CC(C)C(C(=O)O[C@H]1C[C@H](O[Si](C)(C)C(C)(C)C)C=C2C=C[C@@H](C)[C@H](CC[C@@H]3C[C@@H](O[Si](C)(C)C(C)(C)C)CC(=O)O3)[C@H]21)C(C)C. The second kappa shape index (κ2) is 14.7. The van der Waals surface area contributed by atoms with Crippen molar-refractivity contribution >= 4 is 28.6 Å². The third-order valence-corrected chi connectivity index (χ3v) is 20.9. The number of carbonyl (C=O) groups excluding carboxylic acids is 2. The molecule has 1 aliphatic heterocycles. The molecule has 46 heavy (non-hydrogen) atoms. The van der Waals surface area contributed by atoms with E-state index < -0.39 is 16.6 Å². The van der Waals surface area contributed by atoms with E-state index in [1.165, 1.54) is 5.57 Å². The second-order valence-electron chi connectivity index (χ2n) is 18.3. The van der Waals surface area contributed by atoms with E-state index in [9.17, 15) is 9.59 Å². The monoisotopic (exact) mass is 676 g/mol. The highest BCUT2D eigenvalue weighted by Gasteiger charge is 2.47. The van der Waals surface area contributed by atoms with Gasteiger partial charge in [-0.3, -0.25) is 9.59 Å². The largest absolute Gasteiger partial charge is 0.462 e. The van der Waals surface area contributed by atoms with Gasteiger partial charge >= 0.3 is 11.9 Å². The summed E-state index contributed by atoms with van der Waals surface area (Å²) in [5, 5.41) is 0.165. The maximum atomic E-state index is 13.8. The van der Waals surface area contributed by atoms with Gasteiger partial charge in [-0.2, -0.15) is 0 Å². The van der Waals surface area contributed by atoms with Crippen LogP contribution in [0.2, 0.25) is 36.3 Å². The Labute approximate surface area is 284 Å². The Bertz CT molecular complexity index is 1120. The minimum atomic E-state index is -2.05. The van der Waals surface area contributed by atoms with E-state index in [1.54, 1.807) is 0 Å². The van der Waals surface area contributed by atoms with Crippen LogP contribution in [0.5, 0.6) is 0 Å². The molecule has 8 heteroatoms. The zero-order valence-corrected chi connectivity index (χ0v) is 34.0. The molecular formula is C38H68O6Si2. The molecular weight excluding hydrogens is 609 g/mol. The summed E-state index contributed by atoms with van der Waals surface area (Å²) in [7, 11) is -4.06. The average Bonchev–Trinajstić information content (AvgIpc) is 2.85. The van der Waals surface area contributed by atoms with E-state index in [1.807, 2.05) is 0 Å². The van der Waals surface area contributed by atoms with Gasteiger partial charge in [0.25, 0.3) is 0 Å². The molecule has 1 heterocycles. The molecule has 7 atom stereocenters. The summed E-state index contributed by atoms with van der Waals surface area (Å²) in [6.45, 7) is 33.3. The van der Waals surface area contributed by atoms with E-state index in [0.717, 1.165) is 19.3 Å². The zero-order valence-electron chi connectivity index (χ0n) is 32.0. The first-order chi connectivity index (χ1) is 20.9. The quantitative estimate of drug-likeness (QED) is 0.160. The fraction of sp³-hybridized carbons (Fsp3) is 0.842. The number of hydrogen-bond donors (Lipinski definition) is 0. The summed E-state index contributed by atoms with van der Waals surface area (Å²) in [4.78, 5) is 26.6. The van der Waals surface area contributed by atoms with Crippen molar-refractivity contribution in [1.82, 2.24) is 0 Å². The van der Waals surface area contributed by atoms with Crippen LogP contribution in [-0.2, 0) is 27.9 Å². The Hall–Kier alpha value is -1.23. The summed E-state index contributed by atoms with van der Waals surface area (Å²) < 4.78 is 26.1. The molecule has 1 fully saturated rings. The highest BCUT2D eigenvalue weighted by atomic mass is 28.4. The van der Waals surface area contributed by atoms with E-state index in [0.29, 0.717) is 18.8 Å². The molecule has 3 aliphatic rings. The molecule has 0 aromatic carbocycles. The summed E-state index contributed by atoms with van der Waals surface area (Å²) in [5.74, 6) is 0.675. The summed E-state index contributed by atoms with van der Waals surface area (Å²) in [5.41, 5.74) is 1.22. The number of hydrogen-bond acceptors (Lipinski definition) is 6. The van der Waals surface area contributed by atoms with Gasteiger partial charge in [-0.25, -0.2) is 0 Å². The van der Waals surface area contributed by atoms with Crippen molar-refractivity contribution in [2.24, 2.45) is 35.5 Å². The zero-order chi connectivity index (χ0) is 35.0. The first-order valence-electron chi connectivity index (χ1n) is 18.1. The van der Waals surface area contributed by atoms with Gasteiger partial charge in [0, 0.05) is 18.8 Å². The normalized spacial score (nSPS) is 29.6. The number of carbonyl (C=O) groups is 2. The van der Waals surface area contributed by atoms with Gasteiger partial charge in [-0.1, -0.05) is 94.4 Å². The van der Waals surface area contributed by atoms with Crippen LogP contribution < -0.4 is 0 Å². The molecule has 0 unspecified atom stereocenters. The van der Waals surface area contributed by atoms with Crippen LogP contribution in [0.25, 0.3) is 0 Å². The van der Waals surface area contributed by atoms with Crippen LogP contribution in [0.15, 0.2) is 23.8 Å². The lowest BCUT2D eigenvalue weighted by atomic mass is 9.66. The summed E-state index contributed by atoms with van der Waals surface area (Å²) in [6, 6.07) is 0. The molecule has 0 bridgehead atoms. The highest BCUT2D eigenvalue weighted by Crippen LogP contribution is 2.47. The van der Waals surface area contributed by atoms with Crippen LogP contribution in [0, 0.1) is 35.5 Å². The van der Waals surface area contributed by atoms with E-state index in [4.69, 9.17) is 18.3 Å². The highest BCUT2D eigenvalue weighted by molar-refractivity contribution is 6.74. The minimum absolute atomic E-state index is 0.0813. The fourth-order valence-electron chi connectivity index (χ4n) is 7.23. The van der Waals surface area contributed by atoms with Crippen molar-refractivity contribution in [3.05, 3.63) is 23.8 Å². The molecule has 0 N–H and O–H groups in total. The lowest BCUT2D eigenvalue weighted by molar-refractivity contribution is -0.164. The topological polar surface area (TPSA) is 71.1 Å². The molecule has 0 aromatic rings. The Morgan fingerprint density at radius 2 is 1.48 bits per heavy atom. The molecule has 264 valence electrons. The third kappa shape index (κ3) is 9.47. The van der Waals surface area contributed by atoms with E-state index in [-0.39, 0.29) is 76.0 Å². The average molecular weight is 677 g/mol. The standard InChI is InChI=1S/C38H68O6Si2/c1-24(2)34(25(3)4)36(40)42-32-22-29(43-45(12,13)37(6,7)8)20-27-17-16-26(5)31(35(27)32)19-18-28-21-30(23-33(39)41-28)44-46(14,15)38(9,10)11/h16-17,20,24-26,28-32,34-35H,18-19,21-23H2,1-15H3/t26-,28-,29-,30-,31+,32+,35+/m1/s1. The van der Waals surface area contributed by atoms with Crippen LogP contribution in [0.3, 0.4) is 0 Å². The Morgan fingerprint density at radius 1 is 0.913 bits per heavy atom. The van der Waals surface area contributed by atoms with Crippen LogP contribution in [0.4, 0.5) is 0 Å².